The first kappa shape index (κ1) is 11.0. The van der Waals surface area contributed by atoms with Gasteiger partial charge in [0.05, 0.1) is 16.9 Å². The standard InChI is InChI=1S/C9H11N3O3/c1-5(13)12(11)8-3-2-6(9(14)15)4-7(8)10/h2-4H,10-11H2,1H3,(H,14,15). The van der Waals surface area contributed by atoms with E-state index < -0.39 is 5.97 Å². The van der Waals surface area contributed by atoms with Gasteiger partial charge in [-0.3, -0.25) is 4.79 Å². The van der Waals surface area contributed by atoms with E-state index in [0.717, 1.165) is 5.01 Å². The Morgan fingerprint density at radius 2 is 2.00 bits per heavy atom. The number of anilines is 2. The second-order valence-electron chi connectivity index (χ2n) is 2.97. The number of hydrazine groups is 1. The molecule has 0 unspecified atom stereocenters. The van der Waals surface area contributed by atoms with E-state index in [4.69, 9.17) is 16.7 Å². The fourth-order valence-corrected chi connectivity index (χ4v) is 1.08. The summed E-state index contributed by atoms with van der Waals surface area (Å²) in [5.41, 5.74) is 6.04. The van der Waals surface area contributed by atoms with Gasteiger partial charge < -0.3 is 10.8 Å². The van der Waals surface area contributed by atoms with Gasteiger partial charge >= 0.3 is 5.97 Å². The van der Waals surface area contributed by atoms with Crippen LogP contribution in [0, 0.1) is 0 Å². The highest BCUT2D eigenvalue weighted by Gasteiger charge is 2.12. The van der Waals surface area contributed by atoms with Gasteiger partial charge in [-0.05, 0) is 18.2 Å². The zero-order valence-corrected chi connectivity index (χ0v) is 8.10. The van der Waals surface area contributed by atoms with Crippen molar-refractivity contribution in [1.29, 1.82) is 0 Å². The number of aromatic carboxylic acids is 1. The van der Waals surface area contributed by atoms with Crippen molar-refractivity contribution in [3.63, 3.8) is 0 Å². The van der Waals surface area contributed by atoms with Crippen molar-refractivity contribution < 1.29 is 14.7 Å². The molecule has 0 aromatic heterocycles. The predicted octanol–water partition coefficient (Wildman–Crippen LogP) is 0.194. The number of hydrogen-bond donors (Lipinski definition) is 3. The molecule has 1 amide bonds. The SMILES string of the molecule is CC(=O)N(N)c1ccc(C(=O)O)cc1N. The van der Waals surface area contributed by atoms with Crippen molar-refractivity contribution in [3.05, 3.63) is 23.8 Å². The minimum absolute atomic E-state index is 0.0493. The van der Waals surface area contributed by atoms with Crippen LogP contribution in [-0.2, 0) is 4.79 Å². The van der Waals surface area contributed by atoms with Crippen LogP contribution in [0.15, 0.2) is 18.2 Å². The minimum Gasteiger partial charge on any atom is -0.478 e. The van der Waals surface area contributed by atoms with Crippen LogP contribution in [0.25, 0.3) is 0 Å². The normalized spacial score (nSPS) is 9.73. The van der Waals surface area contributed by atoms with Gasteiger partial charge in [0.15, 0.2) is 0 Å². The number of nitrogens with two attached hydrogens (primary N) is 2. The molecule has 0 aliphatic rings. The van der Waals surface area contributed by atoms with Crippen LogP contribution < -0.4 is 16.6 Å². The molecule has 0 saturated heterocycles. The maximum absolute atomic E-state index is 10.9. The lowest BCUT2D eigenvalue weighted by Gasteiger charge is -2.16. The van der Waals surface area contributed by atoms with Crippen LogP contribution in [0.4, 0.5) is 11.4 Å². The number of nitrogen functional groups attached to an aromatic ring is 1. The van der Waals surface area contributed by atoms with Crippen LogP contribution >= 0.6 is 0 Å². The van der Waals surface area contributed by atoms with Gasteiger partial charge in [0.25, 0.3) is 0 Å². The molecular weight excluding hydrogens is 198 g/mol. The van der Waals surface area contributed by atoms with Crippen molar-refractivity contribution in [2.24, 2.45) is 5.84 Å². The largest absolute Gasteiger partial charge is 0.478 e. The summed E-state index contributed by atoms with van der Waals surface area (Å²) >= 11 is 0. The Morgan fingerprint density at radius 3 is 2.40 bits per heavy atom. The fourth-order valence-electron chi connectivity index (χ4n) is 1.08. The summed E-state index contributed by atoms with van der Waals surface area (Å²) in [5.74, 6) is 3.95. The summed E-state index contributed by atoms with van der Waals surface area (Å²) in [6.45, 7) is 1.28. The number of rotatable bonds is 2. The lowest BCUT2D eigenvalue weighted by atomic mass is 10.1. The molecule has 0 saturated carbocycles. The Labute approximate surface area is 86.1 Å². The zero-order valence-electron chi connectivity index (χ0n) is 8.10. The number of amides is 1. The average Bonchev–Trinajstić information content (AvgIpc) is 2.16. The molecule has 1 aromatic rings. The molecule has 0 aliphatic heterocycles. The lowest BCUT2D eigenvalue weighted by molar-refractivity contribution is -0.116. The molecule has 0 bridgehead atoms. The van der Waals surface area contributed by atoms with Crippen molar-refractivity contribution >= 4 is 23.3 Å². The van der Waals surface area contributed by atoms with Crippen molar-refractivity contribution in [2.45, 2.75) is 6.92 Å². The molecule has 6 heteroatoms. The number of nitrogens with zero attached hydrogens (tertiary/aromatic N) is 1. The van der Waals surface area contributed by atoms with E-state index in [2.05, 4.69) is 0 Å². The Balaban J connectivity index is 3.13. The molecule has 0 radical (unpaired) electrons. The molecular formula is C9H11N3O3. The number of hydrogen-bond acceptors (Lipinski definition) is 4. The maximum atomic E-state index is 10.9. The van der Waals surface area contributed by atoms with E-state index in [-0.39, 0.29) is 22.8 Å². The summed E-state index contributed by atoms with van der Waals surface area (Å²) in [5, 5.41) is 9.54. The fraction of sp³-hybridized carbons (Fsp3) is 0.111. The van der Waals surface area contributed by atoms with Gasteiger partial charge in [0.2, 0.25) is 5.91 Å². The molecule has 0 aliphatic carbocycles. The summed E-state index contributed by atoms with van der Waals surface area (Å²) in [6, 6.07) is 3.97. The third-order valence-corrected chi connectivity index (χ3v) is 1.87. The minimum atomic E-state index is -1.08. The Bertz CT molecular complexity index is 417. The molecule has 80 valence electrons. The summed E-state index contributed by atoms with van der Waals surface area (Å²) in [7, 11) is 0. The molecule has 0 atom stereocenters. The molecule has 0 heterocycles. The first-order valence-corrected chi connectivity index (χ1v) is 4.11. The van der Waals surface area contributed by atoms with Crippen LogP contribution in [0.1, 0.15) is 17.3 Å². The third kappa shape index (κ3) is 2.23. The Kier molecular flexibility index (Phi) is 2.91. The number of carboxylic acid groups (broad SMARTS) is 1. The first-order chi connectivity index (χ1) is 6.93. The molecule has 0 spiro atoms. The van der Waals surface area contributed by atoms with E-state index in [1.807, 2.05) is 0 Å². The highest BCUT2D eigenvalue weighted by atomic mass is 16.4. The van der Waals surface area contributed by atoms with Crippen LogP contribution in [0.3, 0.4) is 0 Å². The average molecular weight is 209 g/mol. The van der Waals surface area contributed by atoms with Gasteiger partial charge in [-0.25, -0.2) is 15.6 Å². The van der Waals surface area contributed by atoms with E-state index in [1.54, 1.807) is 0 Å². The number of carbonyl (C=O) groups is 2. The van der Waals surface area contributed by atoms with Crippen molar-refractivity contribution in [2.75, 3.05) is 10.7 Å². The van der Waals surface area contributed by atoms with E-state index in [0.29, 0.717) is 0 Å². The zero-order chi connectivity index (χ0) is 11.6. The quantitative estimate of drug-likeness (QED) is 0.279. The summed E-state index contributed by atoms with van der Waals surface area (Å²) in [6.07, 6.45) is 0. The summed E-state index contributed by atoms with van der Waals surface area (Å²) < 4.78 is 0. The second-order valence-corrected chi connectivity index (χ2v) is 2.97. The van der Waals surface area contributed by atoms with E-state index in [9.17, 15) is 9.59 Å². The number of benzene rings is 1. The monoisotopic (exact) mass is 209 g/mol. The molecule has 15 heavy (non-hydrogen) atoms. The van der Waals surface area contributed by atoms with E-state index in [1.165, 1.54) is 25.1 Å². The predicted molar refractivity (Wildman–Crippen MR) is 55.2 cm³/mol. The second kappa shape index (κ2) is 3.97. The van der Waals surface area contributed by atoms with Gasteiger partial charge in [-0.2, -0.15) is 0 Å². The van der Waals surface area contributed by atoms with Crippen LogP contribution in [0.5, 0.6) is 0 Å². The van der Waals surface area contributed by atoms with Gasteiger partial charge in [-0.15, -0.1) is 0 Å². The smallest absolute Gasteiger partial charge is 0.335 e. The molecule has 6 nitrogen and oxygen atoms in total. The van der Waals surface area contributed by atoms with Crippen LogP contribution in [-0.4, -0.2) is 17.0 Å². The topological polar surface area (TPSA) is 110 Å². The highest BCUT2D eigenvalue weighted by Crippen LogP contribution is 2.22. The lowest BCUT2D eigenvalue weighted by Crippen LogP contribution is -2.36. The van der Waals surface area contributed by atoms with Gasteiger partial charge in [0.1, 0.15) is 0 Å². The van der Waals surface area contributed by atoms with E-state index >= 15 is 0 Å². The maximum Gasteiger partial charge on any atom is 0.335 e. The molecule has 1 aromatic carbocycles. The first-order valence-electron chi connectivity index (χ1n) is 4.11. The third-order valence-electron chi connectivity index (χ3n) is 1.87. The molecule has 5 N–H and O–H groups in total. The van der Waals surface area contributed by atoms with Crippen molar-refractivity contribution in [3.8, 4) is 0 Å². The molecule has 0 fully saturated rings. The summed E-state index contributed by atoms with van der Waals surface area (Å²) in [4.78, 5) is 21.5. The van der Waals surface area contributed by atoms with Crippen LogP contribution in [0.2, 0.25) is 0 Å². The number of carbonyl (C=O) groups excluding carboxylic acids is 1. The number of carboxylic acids is 1. The Hall–Kier alpha value is -2.08. The Morgan fingerprint density at radius 1 is 1.40 bits per heavy atom. The molecule has 1 rings (SSSR count). The van der Waals surface area contributed by atoms with Crippen molar-refractivity contribution in [1.82, 2.24) is 0 Å². The van der Waals surface area contributed by atoms with Gasteiger partial charge in [-0.1, -0.05) is 0 Å². The van der Waals surface area contributed by atoms with Gasteiger partial charge in [0, 0.05) is 6.92 Å². The highest BCUT2D eigenvalue weighted by molar-refractivity contribution is 5.96.